The number of rotatable bonds is 3. The Balaban J connectivity index is 1.89. The molecular weight excluding hydrogens is 258 g/mol. The van der Waals surface area contributed by atoms with E-state index in [2.05, 4.69) is 38.1 Å². The van der Waals surface area contributed by atoms with Crippen molar-refractivity contribution in [3.63, 3.8) is 0 Å². The van der Waals surface area contributed by atoms with E-state index in [0.29, 0.717) is 17.3 Å². The van der Waals surface area contributed by atoms with Crippen LogP contribution in [0, 0.1) is 17.3 Å². The van der Waals surface area contributed by atoms with Crippen molar-refractivity contribution < 1.29 is 0 Å². The van der Waals surface area contributed by atoms with Gasteiger partial charge in [-0.05, 0) is 55.5 Å². The van der Waals surface area contributed by atoms with Gasteiger partial charge in [-0.2, -0.15) is 5.10 Å². The maximum absolute atomic E-state index is 6.03. The Kier molecular flexibility index (Phi) is 3.78. The van der Waals surface area contributed by atoms with Crippen LogP contribution in [0.15, 0.2) is 24.3 Å². The second-order valence-corrected chi connectivity index (χ2v) is 7.45. The van der Waals surface area contributed by atoms with Crippen molar-refractivity contribution in [1.82, 2.24) is 9.78 Å². The SMILES string of the molecule is Cn1nc(CC2CC(C)(C)CCC2CN)c2ccccc21. The summed E-state index contributed by atoms with van der Waals surface area (Å²) in [4.78, 5) is 0. The van der Waals surface area contributed by atoms with Gasteiger partial charge in [0.2, 0.25) is 0 Å². The minimum Gasteiger partial charge on any atom is -0.330 e. The molecule has 0 aliphatic heterocycles. The molecule has 0 saturated heterocycles. The molecule has 2 atom stereocenters. The number of aryl methyl sites for hydroxylation is 1. The molecule has 0 amide bonds. The molecule has 1 aliphatic rings. The molecule has 1 aliphatic carbocycles. The predicted molar refractivity (Wildman–Crippen MR) is 88.1 cm³/mol. The van der Waals surface area contributed by atoms with E-state index in [4.69, 9.17) is 10.8 Å². The Morgan fingerprint density at radius 2 is 2.05 bits per heavy atom. The summed E-state index contributed by atoms with van der Waals surface area (Å²) in [5, 5.41) is 6.08. The topological polar surface area (TPSA) is 43.8 Å². The van der Waals surface area contributed by atoms with E-state index in [1.807, 2.05) is 11.7 Å². The van der Waals surface area contributed by atoms with Crippen LogP contribution in [-0.2, 0) is 13.5 Å². The van der Waals surface area contributed by atoms with Crippen molar-refractivity contribution in [2.75, 3.05) is 6.54 Å². The third-order valence-electron chi connectivity index (χ3n) is 5.27. The molecule has 2 aromatic rings. The first-order chi connectivity index (χ1) is 10.00. The van der Waals surface area contributed by atoms with Gasteiger partial charge in [0.05, 0.1) is 11.2 Å². The maximum Gasteiger partial charge on any atom is 0.0706 e. The Morgan fingerprint density at radius 3 is 2.81 bits per heavy atom. The van der Waals surface area contributed by atoms with E-state index in [-0.39, 0.29) is 0 Å². The van der Waals surface area contributed by atoms with Crippen LogP contribution in [-0.4, -0.2) is 16.3 Å². The van der Waals surface area contributed by atoms with Gasteiger partial charge in [0.15, 0.2) is 0 Å². The average Bonchev–Trinajstić information content (AvgIpc) is 2.76. The van der Waals surface area contributed by atoms with Crippen LogP contribution >= 0.6 is 0 Å². The second kappa shape index (κ2) is 5.45. The largest absolute Gasteiger partial charge is 0.330 e. The van der Waals surface area contributed by atoms with Gasteiger partial charge < -0.3 is 5.73 Å². The average molecular weight is 285 g/mol. The number of fused-ring (bicyclic) bond motifs is 1. The highest BCUT2D eigenvalue weighted by Gasteiger charge is 2.34. The Hall–Kier alpha value is -1.35. The summed E-state index contributed by atoms with van der Waals surface area (Å²) in [5.41, 5.74) is 8.95. The van der Waals surface area contributed by atoms with Crippen molar-refractivity contribution in [3.8, 4) is 0 Å². The van der Waals surface area contributed by atoms with Gasteiger partial charge >= 0.3 is 0 Å². The van der Waals surface area contributed by atoms with E-state index in [1.54, 1.807) is 0 Å². The molecule has 21 heavy (non-hydrogen) atoms. The monoisotopic (exact) mass is 285 g/mol. The summed E-state index contributed by atoms with van der Waals surface area (Å²) in [6.07, 6.45) is 4.89. The fraction of sp³-hybridized carbons (Fsp3) is 0.611. The third-order valence-corrected chi connectivity index (χ3v) is 5.27. The molecular formula is C18H27N3. The first-order valence-electron chi connectivity index (χ1n) is 8.11. The quantitative estimate of drug-likeness (QED) is 0.937. The highest BCUT2D eigenvalue weighted by Crippen LogP contribution is 2.43. The number of nitrogens with two attached hydrogens (primary N) is 1. The summed E-state index contributed by atoms with van der Waals surface area (Å²) in [6, 6.07) is 8.54. The molecule has 3 rings (SSSR count). The van der Waals surface area contributed by atoms with Crippen molar-refractivity contribution in [3.05, 3.63) is 30.0 Å². The van der Waals surface area contributed by atoms with Crippen LogP contribution in [0.4, 0.5) is 0 Å². The molecule has 1 heterocycles. The standard InChI is InChI=1S/C18H27N3/c1-18(2)9-8-13(12-19)14(11-18)10-16-15-6-4-5-7-17(15)21(3)20-16/h4-7,13-14H,8-12,19H2,1-3H3. The third kappa shape index (κ3) is 2.84. The summed E-state index contributed by atoms with van der Waals surface area (Å²) in [5.74, 6) is 1.32. The lowest BCUT2D eigenvalue weighted by molar-refractivity contribution is 0.121. The second-order valence-electron chi connectivity index (χ2n) is 7.45. The van der Waals surface area contributed by atoms with Crippen LogP contribution in [0.25, 0.3) is 10.9 Å². The van der Waals surface area contributed by atoms with Gasteiger partial charge in [-0.1, -0.05) is 32.0 Å². The van der Waals surface area contributed by atoms with Crippen molar-refractivity contribution in [2.45, 2.75) is 39.5 Å². The first kappa shape index (κ1) is 14.6. The predicted octanol–water partition coefficient (Wildman–Crippen LogP) is 3.52. The minimum atomic E-state index is 0.445. The Labute approximate surface area is 127 Å². The number of hydrogen-bond acceptors (Lipinski definition) is 2. The zero-order valence-electron chi connectivity index (χ0n) is 13.5. The molecule has 1 aromatic heterocycles. The van der Waals surface area contributed by atoms with Gasteiger partial charge in [0, 0.05) is 12.4 Å². The van der Waals surface area contributed by atoms with Crippen molar-refractivity contribution in [1.29, 1.82) is 0 Å². The number of hydrogen-bond donors (Lipinski definition) is 1. The molecule has 1 saturated carbocycles. The highest BCUT2D eigenvalue weighted by atomic mass is 15.3. The molecule has 1 fully saturated rings. The van der Waals surface area contributed by atoms with Crippen LogP contribution in [0.3, 0.4) is 0 Å². The molecule has 0 bridgehead atoms. The summed E-state index contributed by atoms with van der Waals surface area (Å²) < 4.78 is 2.01. The van der Waals surface area contributed by atoms with Crippen LogP contribution < -0.4 is 5.73 Å². The van der Waals surface area contributed by atoms with E-state index in [0.717, 1.165) is 13.0 Å². The van der Waals surface area contributed by atoms with E-state index in [9.17, 15) is 0 Å². The van der Waals surface area contributed by atoms with Gasteiger partial charge in [-0.3, -0.25) is 4.68 Å². The number of nitrogens with zero attached hydrogens (tertiary/aromatic N) is 2. The molecule has 3 heteroatoms. The van der Waals surface area contributed by atoms with Gasteiger partial charge in [-0.15, -0.1) is 0 Å². The van der Waals surface area contributed by atoms with Crippen molar-refractivity contribution >= 4 is 10.9 Å². The van der Waals surface area contributed by atoms with Crippen LogP contribution in [0.5, 0.6) is 0 Å². The molecule has 2 unspecified atom stereocenters. The lowest BCUT2D eigenvalue weighted by Crippen LogP contribution is -2.35. The summed E-state index contributed by atoms with van der Waals surface area (Å²) >= 11 is 0. The zero-order chi connectivity index (χ0) is 15.0. The van der Waals surface area contributed by atoms with Gasteiger partial charge in [0.1, 0.15) is 0 Å². The molecule has 0 radical (unpaired) electrons. The first-order valence-corrected chi connectivity index (χ1v) is 8.11. The molecule has 3 nitrogen and oxygen atoms in total. The fourth-order valence-electron chi connectivity index (χ4n) is 4.03. The van der Waals surface area contributed by atoms with Crippen LogP contribution in [0.1, 0.15) is 38.8 Å². The summed E-state index contributed by atoms with van der Waals surface area (Å²) in [7, 11) is 2.04. The number of aromatic nitrogens is 2. The Bertz CT molecular complexity index is 626. The highest BCUT2D eigenvalue weighted by molar-refractivity contribution is 5.81. The molecule has 0 spiro atoms. The summed E-state index contributed by atoms with van der Waals surface area (Å²) in [6.45, 7) is 5.60. The molecule has 1 aromatic carbocycles. The van der Waals surface area contributed by atoms with Gasteiger partial charge in [0.25, 0.3) is 0 Å². The van der Waals surface area contributed by atoms with E-state index in [1.165, 1.54) is 35.9 Å². The molecule has 2 N–H and O–H groups in total. The van der Waals surface area contributed by atoms with Gasteiger partial charge in [-0.25, -0.2) is 0 Å². The Morgan fingerprint density at radius 1 is 1.29 bits per heavy atom. The van der Waals surface area contributed by atoms with Crippen LogP contribution in [0.2, 0.25) is 0 Å². The minimum absolute atomic E-state index is 0.445. The normalized spacial score (nSPS) is 25.3. The molecule has 114 valence electrons. The van der Waals surface area contributed by atoms with Crippen molar-refractivity contribution in [2.24, 2.45) is 30.0 Å². The van der Waals surface area contributed by atoms with E-state index < -0.39 is 0 Å². The number of para-hydroxylation sites is 1. The van der Waals surface area contributed by atoms with E-state index >= 15 is 0 Å². The number of benzene rings is 1. The smallest absolute Gasteiger partial charge is 0.0706 e. The fourth-order valence-corrected chi connectivity index (χ4v) is 4.03. The maximum atomic E-state index is 6.03. The lowest BCUT2D eigenvalue weighted by atomic mass is 9.66. The lowest BCUT2D eigenvalue weighted by Gasteiger charge is -2.40. The zero-order valence-corrected chi connectivity index (χ0v) is 13.5.